The van der Waals surface area contributed by atoms with Crippen molar-refractivity contribution in [3.63, 3.8) is 0 Å². The summed E-state index contributed by atoms with van der Waals surface area (Å²) in [6.45, 7) is 3.02. The molecule has 0 atom stereocenters. The van der Waals surface area contributed by atoms with E-state index in [-0.39, 0.29) is 17.4 Å². The second kappa shape index (κ2) is 9.89. The third kappa shape index (κ3) is 4.86. The maximum Gasteiger partial charge on any atom is 0.294 e. The van der Waals surface area contributed by atoms with Crippen LogP contribution in [0.1, 0.15) is 23.6 Å². The highest BCUT2D eigenvalue weighted by molar-refractivity contribution is 8.18. The molecule has 1 fully saturated rings. The molecule has 4 rings (SSSR count). The SMILES string of the molecule is CCOc1c(Cl)cc(C=C2SC(=O)N(CC(=O)N3CCc4ccccc4C3)C2=O)cc1OC. The number of halogens is 1. The maximum absolute atomic E-state index is 12.9. The second-order valence-corrected chi connectivity index (χ2v) is 8.97. The van der Waals surface area contributed by atoms with E-state index in [1.54, 1.807) is 23.1 Å². The summed E-state index contributed by atoms with van der Waals surface area (Å²) in [4.78, 5) is 41.2. The average Bonchev–Trinajstić information content (AvgIpc) is 3.07. The van der Waals surface area contributed by atoms with Crippen molar-refractivity contribution in [2.24, 2.45) is 0 Å². The van der Waals surface area contributed by atoms with Crippen LogP contribution in [0.25, 0.3) is 6.08 Å². The fourth-order valence-corrected chi connectivity index (χ4v) is 4.95. The van der Waals surface area contributed by atoms with Crippen LogP contribution in [0.5, 0.6) is 11.5 Å². The number of methoxy groups -OCH3 is 1. The number of carbonyl (C=O) groups is 3. The van der Waals surface area contributed by atoms with Crippen LogP contribution >= 0.6 is 23.4 Å². The van der Waals surface area contributed by atoms with Crippen molar-refractivity contribution in [3.8, 4) is 11.5 Å². The van der Waals surface area contributed by atoms with Gasteiger partial charge in [-0.05, 0) is 60.0 Å². The zero-order valence-electron chi connectivity index (χ0n) is 18.3. The van der Waals surface area contributed by atoms with Crippen LogP contribution in [-0.4, -0.2) is 53.7 Å². The van der Waals surface area contributed by atoms with E-state index in [1.807, 2.05) is 25.1 Å². The number of rotatable bonds is 6. The molecule has 172 valence electrons. The van der Waals surface area contributed by atoms with Crippen molar-refractivity contribution >= 4 is 46.5 Å². The number of nitrogens with zero attached hydrogens (tertiary/aromatic N) is 2. The number of carbonyl (C=O) groups excluding carboxylic acids is 3. The van der Waals surface area contributed by atoms with Gasteiger partial charge in [-0.2, -0.15) is 0 Å². The van der Waals surface area contributed by atoms with Crippen LogP contribution in [0.15, 0.2) is 41.3 Å². The Morgan fingerprint density at radius 2 is 1.97 bits per heavy atom. The molecule has 0 spiro atoms. The summed E-state index contributed by atoms with van der Waals surface area (Å²) in [7, 11) is 1.50. The number of thioether (sulfide) groups is 1. The standard InChI is InChI=1S/C24H23ClN2O5S/c1-3-32-22-18(25)10-15(11-19(22)31-2)12-20-23(29)27(24(30)33-20)14-21(28)26-9-8-16-6-4-5-7-17(16)13-26/h4-7,10-12H,3,8-9,13-14H2,1-2H3. The predicted molar refractivity (Wildman–Crippen MR) is 127 cm³/mol. The zero-order chi connectivity index (χ0) is 23.5. The zero-order valence-corrected chi connectivity index (χ0v) is 19.9. The number of fused-ring (bicyclic) bond motifs is 1. The minimum absolute atomic E-state index is 0.221. The largest absolute Gasteiger partial charge is 0.493 e. The molecule has 7 nitrogen and oxygen atoms in total. The van der Waals surface area contributed by atoms with Crippen LogP contribution in [0.2, 0.25) is 5.02 Å². The number of amides is 3. The molecule has 9 heteroatoms. The molecule has 0 saturated carbocycles. The minimum Gasteiger partial charge on any atom is -0.493 e. The van der Waals surface area contributed by atoms with Crippen molar-refractivity contribution in [1.82, 2.24) is 9.80 Å². The number of benzene rings is 2. The van der Waals surface area contributed by atoms with Gasteiger partial charge in [-0.3, -0.25) is 19.3 Å². The Balaban J connectivity index is 1.48. The lowest BCUT2D eigenvalue weighted by molar-refractivity contribution is -0.136. The molecule has 2 aliphatic rings. The fourth-order valence-electron chi connectivity index (χ4n) is 3.84. The number of hydrogen-bond donors (Lipinski definition) is 0. The van der Waals surface area contributed by atoms with Crippen molar-refractivity contribution in [3.05, 3.63) is 63.0 Å². The van der Waals surface area contributed by atoms with E-state index in [2.05, 4.69) is 6.07 Å². The molecular formula is C24H23ClN2O5S. The summed E-state index contributed by atoms with van der Waals surface area (Å²) in [6.07, 6.45) is 2.32. The van der Waals surface area contributed by atoms with Gasteiger partial charge in [0.05, 0.1) is 23.6 Å². The summed E-state index contributed by atoms with van der Waals surface area (Å²) >= 11 is 7.11. The van der Waals surface area contributed by atoms with Gasteiger partial charge < -0.3 is 14.4 Å². The lowest BCUT2D eigenvalue weighted by Crippen LogP contribution is -2.44. The average molecular weight is 487 g/mol. The molecule has 0 radical (unpaired) electrons. The van der Waals surface area contributed by atoms with E-state index in [0.717, 1.165) is 28.6 Å². The fraction of sp³-hybridized carbons (Fsp3) is 0.292. The molecule has 0 N–H and O–H groups in total. The van der Waals surface area contributed by atoms with Gasteiger partial charge in [0.2, 0.25) is 5.91 Å². The van der Waals surface area contributed by atoms with E-state index in [0.29, 0.717) is 41.8 Å². The van der Waals surface area contributed by atoms with Crippen molar-refractivity contribution in [2.45, 2.75) is 19.9 Å². The van der Waals surface area contributed by atoms with Crippen LogP contribution < -0.4 is 9.47 Å². The Morgan fingerprint density at radius 1 is 1.21 bits per heavy atom. The molecule has 2 heterocycles. The molecule has 1 saturated heterocycles. The first-order valence-corrected chi connectivity index (χ1v) is 11.7. The highest BCUT2D eigenvalue weighted by atomic mass is 35.5. The van der Waals surface area contributed by atoms with E-state index in [9.17, 15) is 14.4 Å². The van der Waals surface area contributed by atoms with Crippen LogP contribution in [0.4, 0.5) is 4.79 Å². The number of imide groups is 1. The van der Waals surface area contributed by atoms with Gasteiger partial charge in [0, 0.05) is 13.1 Å². The van der Waals surface area contributed by atoms with Gasteiger partial charge in [0.25, 0.3) is 11.1 Å². The molecule has 0 aromatic heterocycles. The predicted octanol–water partition coefficient (Wildman–Crippen LogP) is 4.37. The van der Waals surface area contributed by atoms with E-state index in [1.165, 1.54) is 12.7 Å². The first-order chi connectivity index (χ1) is 15.9. The Kier molecular flexibility index (Phi) is 6.95. The second-order valence-electron chi connectivity index (χ2n) is 7.57. The van der Waals surface area contributed by atoms with Crippen LogP contribution in [0.3, 0.4) is 0 Å². The van der Waals surface area contributed by atoms with E-state index >= 15 is 0 Å². The lowest BCUT2D eigenvalue weighted by Gasteiger charge is -2.29. The van der Waals surface area contributed by atoms with Crippen molar-refractivity contribution in [2.75, 3.05) is 26.8 Å². The quantitative estimate of drug-likeness (QED) is 0.564. The van der Waals surface area contributed by atoms with E-state index < -0.39 is 11.1 Å². The smallest absolute Gasteiger partial charge is 0.294 e. The Labute approximate surface area is 201 Å². The van der Waals surface area contributed by atoms with E-state index in [4.69, 9.17) is 21.1 Å². The maximum atomic E-state index is 12.9. The van der Waals surface area contributed by atoms with Gasteiger partial charge in [0.15, 0.2) is 11.5 Å². The topological polar surface area (TPSA) is 76.2 Å². The Hall–Kier alpha value is -2.97. The van der Waals surface area contributed by atoms with Crippen LogP contribution in [-0.2, 0) is 22.6 Å². The molecule has 0 bridgehead atoms. The van der Waals surface area contributed by atoms with Gasteiger partial charge in [-0.1, -0.05) is 35.9 Å². The normalized spacial score (nSPS) is 16.9. The highest BCUT2D eigenvalue weighted by Crippen LogP contribution is 2.39. The van der Waals surface area contributed by atoms with Crippen molar-refractivity contribution < 1.29 is 23.9 Å². The number of hydrogen-bond acceptors (Lipinski definition) is 6. The molecular weight excluding hydrogens is 464 g/mol. The molecule has 2 aliphatic heterocycles. The summed E-state index contributed by atoms with van der Waals surface area (Å²) in [6, 6.07) is 11.3. The third-order valence-corrected chi connectivity index (χ3v) is 6.68. The molecule has 33 heavy (non-hydrogen) atoms. The van der Waals surface area contributed by atoms with Gasteiger partial charge in [0.1, 0.15) is 6.54 Å². The summed E-state index contributed by atoms with van der Waals surface area (Å²) in [5.74, 6) is 0.0922. The van der Waals surface area contributed by atoms with Gasteiger partial charge in [-0.15, -0.1) is 0 Å². The lowest BCUT2D eigenvalue weighted by atomic mass is 10.00. The first kappa shape index (κ1) is 23.2. The highest BCUT2D eigenvalue weighted by Gasteiger charge is 2.37. The molecule has 3 amide bonds. The van der Waals surface area contributed by atoms with Gasteiger partial charge in [-0.25, -0.2) is 0 Å². The minimum atomic E-state index is -0.500. The summed E-state index contributed by atoms with van der Waals surface area (Å²) in [5, 5.41) is -0.136. The summed E-state index contributed by atoms with van der Waals surface area (Å²) in [5.41, 5.74) is 2.90. The molecule has 2 aromatic rings. The van der Waals surface area contributed by atoms with Gasteiger partial charge >= 0.3 is 0 Å². The Bertz CT molecular complexity index is 1150. The molecule has 0 aliphatic carbocycles. The molecule has 2 aromatic carbocycles. The monoisotopic (exact) mass is 486 g/mol. The number of ether oxygens (including phenoxy) is 2. The third-order valence-electron chi connectivity index (χ3n) is 5.49. The molecule has 0 unspecified atom stereocenters. The Morgan fingerprint density at radius 3 is 2.70 bits per heavy atom. The van der Waals surface area contributed by atoms with Crippen molar-refractivity contribution in [1.29, 1.82) is 0 Å². The summed E-state index contributed by atoms with van der Waals surface area (Å²) < 4.78 is 10.8. The first-order valence-electron chi connectivity index (χ1n) is 10.5. The van der Waals surface area contributed by atoms with Crippen LogP contribution in [0, 0.1) is 0 Å².